The number of hydrogen-bond donors (Lipinski definition) is 1. The van der Waals surface area contributed by atoms with E-state index in [0.29, 0.717) is 12.2 Å². The number of benzene rings is 1. The Balaban J connectivity index is 2.46. The summed E-state index contributed by atoms with van der Waals surface area (Å²) in [5.74, 6) is -0.712. The number of ether oxygens (including phenoxy) is 1. The van der Waals surface area contributed by atoms with Crippen LogP contribution in [0.3, 0.4) is 0 Å². The molecule has 0 fully saturated rings. The summed E-state index contributed by atoms with van der Waals surface area (Å²) in [6, 6.07) is 9.46. The molecule has 0 radical (unpaired) electrons. The van der Waals surface area contributed by atoms with Crippen molar-refractivity contribution in [1.82, 2.24) is 0 Å². The summed E-state index contributed by atoms with van der Waals surface area (Å²) in [5, 5.41) is 8.59. The zero-order valence-corrected chi connectivity index (χ0v) is 11.0. The number of thioether (sulfide) groups is 1. The third-order valence-corrected chi connectivity index (χ3v) is 3.60. The molecule has 0 saturated heterocycles. The molecule has 1 rings (SSSR count). The lowest BCUT2D eigenvalue weighted by atomic mass is 10.1. The van der Waals surface area contributed by atoms with E-state index in [2.05, 4.69) is 4.74 Å². The maximum atomic E-state index is 11.1. The molecule has 1 aromatic carbocycles. The van der Waals surface area contributed by atoms with Crippen molar-refractivity contribution in [3.05, 3.63) is 35.9 Å². The van der Waals surface area contributed by atoms with E-state index in [0.717, 1.165) is 5.56 Å². The molecule has 0 aliphatic carbocycles. The van der Waals surface area contributed by atoms with Crippen LogP contribution < -0.4 is 0 Å². The Kier molecular flexibility index (Phi) is 6.28. The largest absolute Gasteiger partial charge is 0.480 e. The number of aliphatic carboxylic acids is 1. The molecule has 0 aliphatic rings. The van der Waals surface area contributed by atoms with Crippen molar-refractivity contribution in [3.63, 3.8) is 0 Å². The Labute approximate surface area is 110 Å². The number of carboxylic acid groups (broad SMARTS) is 1. The number of carbonyl (C=O) groups excluding carboxylic acids is 1. The highest BCUT2D eigenvalue weighted by Crippen LogP contribution is 2.18. The summed E-state index contributed by atoms with van der Waals surface area (Å²) in [6.45, 7) is 0. The molecule has 5 heteroatoms. The molecule has 1 atom stereocenters. The molecule has 0 heterocycles. The van der Waals surface area contributed by atoms with Gasteiger partial charge < -0.3 is 9.84 Å². The monoisotopic (exact) mass is 268 g/mol. The van der Waals surface area contributed by atoms with Crippen LogP contribution in [0.5, 0.6) is 0 Å². The quantitative estimate of drug-likeness (QED) is 0.766. The van der Waals surface area contributed by atoms with Crippen LogP contribution in [0.25, 0.3) is 0 Å². The second kappa shape index (κ2) is 7.76. The fourth-order valence-electron chi connectivity index (χ4n) is 1.43. The molecule has 0 amide bonds. The second-order valence-corrected chi connectivity index (χ2v) is 5.02. The van der Waals surface area contributed by atoms with Crippen molar-refractivity contribution in [3.8, 4) is 0 Å². The predicted octanol–water partition coefficient (Wildman–Crippen LogP) is 1.98. The minimum atomic E-state index is -0.853. The van der Waals surface area contributed by atoms with E-state index in [4.69, 9.17) is 5.11 Å². The highest BCUT2D eigenvalue weighted by molar-refractivity contribution is 8.00. The fourth-order valence-corrected chi connectivity index (χ4v) is 2.45. The van der Waals surface area contributed by atoms with Crippen molar-refractivity contribution < 1.29 is 19.4 Å². The average Bonchev–Trinajstić information content (AvgIpc) is 2.38. The molecule has 1 aromatic rings. The molecule has 0 spiro atoms. The van der Waals surface area contributed by atoms with Crippen LogP contribution in [0.2, 0.25) is 0 Å². The number of hydrogen-bond acceptors (Lipinski definition) is 4. The topological polar surface area (TPSA) is 63.6 Å². The zero-order valence-electron chi connectivity index (χ0n) is 10.2. The minimum Gasteiger partial charge on any atom is -0.480 e. The number of esters is 1. The van der Waals surface area contributed by atoms with Gasteiger partial charge in [0, 0.05) is 5.75 Å². The Bertz CT molecular complexity index is 391. The third kappa shape index (κ3) is 5.23. The Morgan fingerprint density at radius 3 is 2.56 bits per heavy atom. The lowest BCUT2D eigenvalue weighted by molar-refractivity contribution is -0.140. The number of methoxy groups -OCH3 is 1. The van der Waals surface area contributed by atoms with Crippen molar-refractivity contribution in [2.45, 2.75) is 18.1 Å². The Morgan fingerprint density at radius 2 is 2.00 bits per heavy atom. The van der Waals surface area contributed by atoms with Crippen LogP contribution in [0, 0.1) is 0 Å². The summed E-state index contributed by atoms with van der Waals surface area (Å²) >= 11 is 1.27. The van der Waals surface area contributed by atoms with Gasteiger partial charge in [-0.1, -0.05) is 30.3 Å². The maximum absolute atomic E-state index is 11.1. The van der Waals surface area contributed by atoms with Crippen LogP contribution in [-0.2, 0) is 20.7 Å². The summed E-state index contributed by atoms with van der Waals surface area (Å²) in [4.78, 5) is 22.1. The number of carboxylic acids is 1. The number of carbonyl (C=O) groups is 2. The van der Waals surface area contributed by atoms with E-state index >= 15 is 0 Å². The first kappa shape index (κ1) is 14.6. The molecule has 4 nitrogen and oxygen atoms in total. The summed E-state index contributed by atoms with van der Waals surface area (Å²) in [5.41, 5.74) is 0.982. The maximum Gasteiger partial charge on any atom is 0.316 e. The lowest BCUT2D eigenvalue weighted by Gasteiger charge is -2.11. The van der Waals surface area contributed by atoms with E-state index in [1.165, 1.54) is 18.9 Å². The van der Waals surface area contributed by atoms with Crippen LogP contribution >= 0.6 is 11.8 Å². The van der Waals surface area contributed by atoms with Crippen molar-refractivity contribution >= 4 is 23.7 Å². The molecular weight excluding hydrogens is 252 g/mol. The number of rotatable bonds is 7. The molecule has 0 unspecified atom stereocenters. The van der Waals surface area contributed by atoms with Gasteiger partial charge in [-0.2, -0.15) is 0 Å². The van der Waals surface area contributed by atoms with E-state index in [1.54, 1.807) is 0 Å². The second-order valence-electron chi connectivity index (χ2n) is 3.71. The standard InChI is InChI=1S/C13H16O4S/c1-17-12(14)7-8-18-11(13(15)16)9-10-5-3-2-4-6-10/h2-6,11H,7-9H2,1H3,(H,15,16)/t11-/m0/s1. The smallest absolute Gasteiger partial charge is 0.316 e. The van der Waals surface area contributed by atoms with Gasteiger partial charge in [-0.3, -0.25) is 9.59 Å². The first-order valence-electron chi connectivity index (χ1n) is 5.58. The molecule has 98 valence electrons. The molecule has 0 aromatic heterocycles. The predicted molar refractivity (Wildman–Crippen MR) is 70.7 cm³/mol. The average molecular weight is 268 g/mol. The summed E-state index contributed by atoms with van der Waals surface area (Å²) in [7, 11) is 1.33. The summed E-state index contributed by atoms with van der Waals surface area (Å²) in [6.07, 6.45) is 0.696. The van der Waals surface area contributed by atoms with Gasteiger partial charge in [0.15, 0.2) is 0 Å². The van der Waals surface area contributed by atoms with Crippen LogP contribution in [-0.4, -0.2) is 35.2 Å². The van der Waals surface area contributed by atoms with Gasteiger partial charge in [-0.15, -0.1) is 11.8 Å². The van der Waals surface area contributed by atoms with E-state index in [1.807, 2.05) is 30.3 Å². The van der Waals surface area contributed by atoms with Gasteiger partial charge in [-0.05, 0) is 12.0 Å². The highest BCUT2D eigenvalue weighted by Gasteiger charge is 2.18. The van der Waals surface area contributed by atoms with Crippen molar-refractivity contribution in [2.75, 3.05) is 12.9 Å². The molecule has 0 bridgehead atoms. The summed E-state index contributed by atoms with van der Waals surface area (Å²) < 4.78 is 4.51. The van der Waals surface area contributed by atoms with Gasteiger partial charge in [0.2, 0.25) is 0 Å². The third-order valence-electron chi connectivity index (χ3n) is 2.39. The first-order valence-corrected chi connectivity index (χ1v) is 6.63. The Hall–Kier alpha value is -1.49. The highest BCUT2D eigenvalue weighted by atomic mass is 32.2. The van der Waals surface area contributed by atoms with Gasteiger partial charge in [0.1, 0.15) is 5.25 Å². The zero-order chi connectivity index (χ0) is 13.4. The van der Waals surface area contributed by atoms with Crippen LogP contribution in [0.15, 0.2) is 30.3 Å². The molecular formula is C13H16O4S. The normalized spacial score (nSPS) is 11.8. The fraction of sp³-hybridized carbons (Fsp3) is 0.385. The lowest BCUT2D eigenvalue weighted by Crippen LogP contribution is -2.20. The van der Waals surface area contributed by atoms with E-state index < -0.39 is 11.2 Å². The molecule has 1 N–H and O–H groups in total. The van der Waals surface area contributed by atoms with Gasteiger partial charge >= 0.3 is 11.9 Å². The van der Waals surface area contributed by atoms with Crippen LogP contribution in [0.4, 0.5) is 0 Å². The van der Waals surface area contributed by atoms with Crippen LogP contribution in [0.1, 0.15) is 12.0 Å². The van der Waals surface area contributed by atoms with Crippen molar-refractivity contribution in [2.24, 2.45) is 0 Å². The van der Waals surface area contributed by atoms with Gasteiger partial charge in [0.25, 0.3) is 0 Å². The Morgan fingerprint density at radius 1 is 1.33 bits per heavy atom. The minimum absolute atomic E-state index is 0.236. The molecule has 0 aliphatic heterocycles. The van der Waals surface area contributed by atoms with E-state index in [-0.39, 0.29) is 12.4 Å². The van der Waals surface area contributed by atoms with Gasteiger partial charge in [-0.25, -0.2) is 0 Å². The first-order chi connectivity index (χ1) is 8.63. The molecule has 18 heavy (non-hydrogen) atoms. The van der Waals surface area contributed by atoms with E-state index in [9.17, 15) is 9.59 Å². The molecule has 0 saturated carbocycles. The SMILES string of the molecule is COC(=O)CCS[C@@H](Cc1ccccc1)C(=O)O. The van der Waals surface area contributed by atoms with Crippen molar-refractivity contribution in [1.29, 1.82) is 0 Å². The van der Waals surface area contributed by atoms with Gasteiger partial charge in [0.05, 0.1) is 13.5 Å².